The lowest BCUT2D eigenvalue weighted by atomic mass is 9.81. The molecule has 2 aliphatic heterocycles. The Balaban J connectivity index is 2.18. The minimum absolute atomic E-state index is 0.0798. The smallest absolute Gasteiger partial charge is 0.0761 e. The highest BCUT2D eigenvalue weighted by atomic mass is 16.5. The van der Waals surface area contributed by atoms with Crippen molar-refractivity contribution in [3.05, 3.63) is 0 Å². The third-order valence-corrected chi connectivity index (χ3v) is 4.89. The summed E-state index contributed by atoms with van der Waals surface area (Å²) in [5.41, 5.74) is 6.10. The second kappa shape index (κ2) is 6.15. The molecule has 4 heteroatoms. The minimum atomic E-state index is -0.123. The van der Waals surface area contributed by atoms with Gasteiger partial charge in [-0.2, -0.15) is 0 Å². The van der Waals surface area contributed by atoms with Gasteiger partial charge in [0, 0.05) is 31.8 Å². The summed E-state index contributed by atoms with van der Waals surface area (Å²) in [5, 5.41) is 0. The molecule has 2 fully saturated rings. The van der Waals surface area contributed by atoms with Crippen molar-refractivity contribution in [2.75, 3.05) is 26.2 Å². The number of nitrogens with two attached hydrogens (primary N) is 1. The molecule has 2 N–H and O–H groups in total. The Morgan fingerprint density at radius 2 is 1.76 bits per heavy atom. The zero-order valence-electron chi connectivity index (χ0n) is 14.6. The zero-order valence-corrected chi connectivity index (χ0v) is 14.6. The lowest BCUT2D eigenvalue weighted by Crippen LogP contribution is -2.68. The first-order chi connectivity index (χ1) is 9.72. The molecule has 0 aliphatic carbocycles. The highest BCUT2D eigenvalue weighted by molar-refractivity contribution is 5.02. The molecule has 2 heterocycles. The van der Waals surface area contributed by atoms with Crippen LogP contribution >= 0.6 is 0 Å². The second-order valence-electron chi connectivity index (χ2n) is 8.14. The Labute approximate surface area is 130 Å². The van der Waals surface area contributed by atoms with Gasteiger partial charge in [-0.3, -0.25) is 4.90 Å². The summed E-state index contributed by atoms with van der Waals surface area (Å²) >= 11 is 0. The predicted molar refractivity (Wildman–Crippen MR) is 86.5 cm³/mol. The second-order valence-corrected chi connectivity index (χ2v) is 8.14. The fraction of sp³-hybridized carbons (Fsp3) is 1.00. The summed E-state index contributed by atoms with van der Waals surface area (Å²) in [4.78, 5) is 2.60. The van der Waals surface area contributed by atoms with Gasteiger partial charge in [0.15, 0.2) is 0 Å². The summed E-state index contributed by atoms with van der Waals surface area (Å²) in [6.07, 6.45) is 4.77. The normalized spacial score (nSPS) is 36.6. The molecule has 0 spiro atoms. The molecule has 2 saturated heterocycles. The van der Waals surface area contributed by atoms with E-state index in [1.54, 1.807) is 0 Å². The van der Waals surface area contributed by atoms with E-state index in [0.717, 1.165) is 39.0 Å². The molecule has 2 unspecified atom stereocenters. The largest absolute Gasteiger partial charge is 0.378 e. The lowest BCUT2D eigenvalue weighted by molar-refractivity contribution is -0.210. The number of rotatable bonds is 4. The third kappa shape index (κ3) is 3.98. The van der Waals surface area contributed by atoms with E-state index >= 15 is 0 Å². The quantitative estimate of drug-likeness (QED) is 0.866. The molecule has 2 rings (SSSR count). The molecule has 4 nitrogen and oxygen atoms in total. The highest BCUT2D eigenvalue weighted by Crippen LogP contribution is 2.38. The molecular weight excluding hydrogens is 264 g/mol. The van der Waals surface area contributed by atoms with Crippen molar-refractivity contribution in [1.82, 2.24) is 4.90 Å². The van der Waals surface area contributed by atoms with Crippen LogP contribution in [0.5, 0.6) is 0 Å². The van der Waals surface area contributed by atoms with Crippen molar-refractivity contribution >= 4 is 0 Å². The van der Waals surface area contributed by atoms with Gasteiger partial charge >= 0.3 is 0 Å². The van der Waals surface area contributed by atoms with E-state index in [-0.39, 0.29) is 16.7 Å². The van der Waals surface area contributed by atoms with E-state index in [1.165, 1.54) is 6.42 Å². The Bertz CT molecular complexity index is 339. The molecule has 0 aromatic rings. The van der Waals surface area contributed by atoms with E-state index < -0.39 is 0 Å². The topological polar surface area (TPSA) is 47.7 Å². The van der Waals surface area contributed by atoms with Crippen molar-refractivity contribution < 1.29 is 9.47 Å². The Hall–Kier alpha value is -0.160. The van der Waals surface area contributed by atoms with Crippen molar-refractivity contribution in [2.45, 2.75) is 83.1 Å². The number of morpholine rings is 1. The molecule has 0 saturated carbocycles. The van der Waals surface area contributed by atoms with Gasteiger partial charge in [-0.05, 0) is 47.0 Å². The van der Waals surface area contributed by atoms with Crippen LogP contribution in [0.1, 0.15) is 60.3 Å². The molecule has 0 bridgehead atoms. The molecule has 2 atom stereocenters. The van der Waals surface area contributed by atoms with E-state index in [1.807, 2.05) is 0 Å². The maximum absolute atomic E-state index is 6.27. The molecule has 21 heavy (non-hydrogen) atoms. The summed E-state index contributed by atoms with van der Waals surface area (Å²) in [5.74, 6) is 0. The van der Waals surface area contributed by atoms with Crippen molar-refractivity contribution in [2.24, 2.45) is 5.73 Å². The van der Waals surface area contributed by atoms with Gasteiger partial charge in [0.25, 0.3) is 0 Å². The molecule has 0 aromatic heterocycles. The first-order valence-electron chi connectivity index (χ1n) is 8.49. The number of ether oxygens (including phenoxy) is 2. The molecule has 0 radical (unpaired) electrons. The zero-order chi connectivity index (χ0) is 15.7. The van der Waals surface area contributed by atoms with E-state index in [4.69, 9.17) is 15.2 Å². The van der Waals surface area contributed by atoms with Crippen molar-refractivity contribution in [3.8, 4) is 0 Å². The number of hydrogen-bond acceptors (Lipinski definition) is 4. The summed E-state index contributed by atoms with van der Waals surface area (Å²) < 4.78 is 12.2. The van der Waals surface area contributed by atoms with Gasteiger partial charge in [-0.1, -0.05) is 13.3 Å². The van der Waals surface area contributed by atoms with Crippen LogP contribution in [0.2, 0.25) is 0 Å². The van der Waals surface area contributed by atoms with E-state index in [0.29, 0.717) is 12.6 Å². The van der Waals surface area contributed by atoms with Crippen LogP contribution in [0, 0.1) is 0 Å². The summed E-state index contributed by atoms with van der Waals surface area (Å²) in [6, 6.07) is 0. The average Bonchev–Trinajstić information content (AvgIpc) is 2.35. The Kier molecular flexibility index (Phi) is 5.04. The van der Waals surface area contributed by atoms with Crippen molar-refractivity contribution in [1.29, 1.82) is 0 Å². The maximum Gasteiger partial charge on any atom is 0.0761 e. The molecule has 2 aliphatic rings. The number of hydrogen-bond donors (Lipinski definition) is 1. The van der Waals surface area contributed by atoms with Gasteiger partial charge in [-0.15, -0.1) is 0 Å². The molecule has 124 valence electrons. The maximum atomic E-state index is 6.27. The monoisotopic (exact) mass is 298 g/mol. The fourth-order valence-electron chi connectivity index (χ4n) is 4.23. The van der Waals surface area contributed by atoms with Crippen LogP contribution in [0.25, 0.3) is 0 Å². The summed E-state index contributed by atoms with van der Waals surface area (Å²) in [6.45, 7) is 14.4. The van der Waals surface area contributed by atoms with Gasteiger partial charge in [0.05, 0.1) is 17.3 Å². The predicted octanol–water partition coefficient (Wildman–Crippen LogP) is 2.55. The molecule has 0 amide bonds. The lowest BCUT2D eigenvalue weighted by Gasteiger charge is -2.56. The first-order valence-corrected chi connectivity index (χ1v) is 8.49. The Morgan fingerprint density at radius 3 is 2.29 bits per heavy atom. The van der Waals surface area contributed by atoms with Gasteiger partial charge in [0.1, 0.15) is 0 Å². The van der Waals surface area contributed by atoms with Crippen LogP contribution in [0.3, 0.4) is 0 Å². The van der Waals surface area contributed by atoms with Crippen LogP contribution in [0.4, 0.5) is 0 Å². The Morgan fingerprint density at radius 1 is 1.14 bits per heavy atom. The fourth-order valence-corrected chi connectivity index (χ4v) is 4.23. The molecule has 0 aromatic carbocycles. The standard InChI is InChI=1S/C17H34N2O2/c1-6-7-14-10-17(11-18,8-9-20-14)19-12-15(2,3)21-16(4,5)13-19/h14H,6-13,18H2,1-5H3. The minimum Gasteiger partial charge on any atom is -0.378 e. The first kappa shape index (κ1) is 17.2. The summed E-state index contributed by atoms with van der Waals surface area (Å²) in [7, 11) is 0. The average molecular weight is 298 g/mol. The van der Waals surface area contributed by atoms with Crippen LogP contribution in [0.15, 0.2) is 0 Å². The number of nitrogens with zero attached hydrogens (tertiary/aromatic N) is 1. The van der Waals surface area contributed by atoms with E-state index in [9.17, 15) is 0 Å². The van der Waals surface area contributed by atoms with Crippen molar-refractivity contribution in [3.63, 3.8) is 0 Å². The SMILES string of the molecule is CCCC1CC(CN)(N2CC(C)(C)OC(C)(C)C2)CCO1. The molecular formula is C17H34N2O2. The van der Waals surface area contributed by atoms with Crippen LogP contribution in [-0.4, -0.2) is 54.0 Å². The van der Waals surface area contributed by atoms with Crippen LogP contribution < -0.4 is 5.73 Å². The third-order valence-electron chi connectivity index (χ3n) is 4.89. The van der Waals surface area contributed by atoms with E-state index in [2.05, 4.69) is 39.5 Å². The van der Waals surface area contributed by atoms with Crippen LogP contribution in [-0.2, 0) is 9.47 Å². The van der Waals surface area contributed by atoms with Gasteiger partial charge in [0.2, 0.25) is 0 Å². The highest BCUT2D eigenvalue weighted by Gasteiger charge is 2.48. The van der Waals surface area contributed by atoms with Gasteiger partial charge < -0.3 is 15.2 Å². The van der Waals surface area contributed by atoms with Gasteiger partial charge in [-0.25, -0.2) is 0 Å².